The summed E-state index contributed by atoms with van der Waals surface area (Å²) in [6.45, 7) is 4.23. The molecule has 1 heterocycles. The van der Waals surface area contributed by atoms with E-state index in [4.69, 9.17) is 4.74 Å². The van der Waals surface area contributed by atoms with Gasteiger partial charge in [0.15, 0.2) is 0 Å². The standard InChI is InChI=1S/C14H16F3NOS/c1-10(2)19-12-3-4-13-11(9-12)5-6-18(13)7-8-20-14(15,16)17/h3-6,9-10H,7-8H2,1-2H3. The first kappa shape index (κ1) is 15.1. The summed E-state index contributed by atoms with van der Waals surface area (Å²) in [6, 6.07) is 7.52. The van der Waals surface area contributed by atoms with Gasteiger partial charge in [0.1, 0.15) is 5.75 Å². The van der Waals surface area contributed by atoms with Crippen molar-refractivity contribution in [3.63, 3.8) is 0 Å². The zero-order valence-corrected chi connectivity index (χ0v) is 12.1. The van der Waals surface area contributed by atoms with Crippen LogP contribution in [-0.4, -0.2) is 21.9 Å². The van der Waals surface area contributed by atoms with E-state index in [1.165, 1.54) is 0 Å². The highest BCUT2D eigenvalue weighted by Crippen LogP contribution is 2.30. The molecule has 6 heteroatoms. The van der Waals surface area contributed by atoms with Crippen molar-refractivity contribution in [3.8, 4) is 5.75 Å². The molecule has 0 aliphatic carbocycles. The molecule has 0 spiro atoms. The van der Waals surface area contributed by atoms with Crippen molar-refractivity contribution in [2.45, 2.75) is 32.0 Å². The number of aryl methyl sites for hydroxylation is 1. The number of halogens is 3. The monoisotopic (exact) mass is 303 g/mol. The predicted molar refractivity (Wildman–Crippen MR) is 76.2 cm³/mol. The largest absolute Gasteiger partial charge is 0.491 e. The van der Waals surface area contributed by atoms with Gasteiger partial charge in [-0.1, -0.05) is 0 Å². The summed E-state index contributed by atoms with van der Waals surface area (Å²) in [5, 5.41) is 0.972. The summed E-state index contributed by atoms with van der Waals surface area (Å²) in [4.78, 5) is 0. The van der Waals surface area contributed by atoms with Crippen LogP contribution in [0.3, 0.4) is 0 Å². The fourth-order valence-electron chi connectivity index (χ4n) is 1.98. The third kappa shape index (κ3) is 4.10. The van der Waals surface area contributed by atoms with Gasteiger partial charge in [-0.15, -0.1) is 0 Å². The van der Waals surface area contributed by atoms with Gasteiger partial charge in [0.2, 0.25) is 0 Å². The summed E-state index contributed by atoms with van der Waals surface area (Å²) in [5.74, 6) is 0.785. The number of benzene rings is 1. The summed E-state index contributed by atoms with van der Waals surface area (Å²) < 4.78 is 43.8. The molecule has 2 nitrogen and oxygen atoms in total. The lowest BCUT2D eigenvalue weighted by atomic mass is 10.2. The van der Waals surface area contributed by atoms with Gasteiger partial charge in [-0.3, -0.25) is 0 Å². The number of alkyl halides is 3. The lowest BCUT2D eigenvalue weighted by molar-refractivity contribution is -0.0328. The molecule has 0 fully saturated rings. The second kappa shape index (κ2) is 5.99. The fraction of sp³-hybridized carbons (Fsp3) is 0.429. The second-order valence-electron chi connectivity index (χ2n) is 4.69. The number of thioether (sulfide) groups is 1. The van der Waals surface area contributed by atoms with Crippen molar-refractivity contribution in [3.05, 3.63) is 30.5 Å². The Balaban J connectivity index is 2.08. The molecule has 110 valence electrons. The fourth-order valence-corrected chi connectivity index (χ4v) is 2.50. The number of nitrogens with zero attached hydrogens (tertiary/aromatic N) is 1. The maximum atomic E-state index is 12.1. The van der Waals surface area contributed by atoms with E-state index < -0.39 is 5.51 Å². The van der Waals surface area contributed by atoms with Gasteiger partial charge in [0, 0.05) is 29.4 Å². The van der Waals surface area contributed by atoms with Gasteiger partial charge in [0.05, 0.1) is 6.10 Å². The van der Waals surface area contributed by atoms with Crippen LogP contribution in [0.4, 0.5) is 13.2 Å². The highest BCUT2D eigenvalue weighted by molar-refractivity contribution is 8.00. The minimum absolute atomic E-state index is 0.00641. The van der Waals surface area contributed by atoms with Crippen LogP contribution in [0.1, 0.15) is 13.8 Å². The molecule has 0 saturated heterocycles. The topological polar surface area (TPSA) is 14.2 Å². The smallest absolute Gasteiger partial charge is 0.441 e. The van der Waals surface area contributed by atoms with E-state index >= 15 is 0 Å². The van der Waals surface area contributed by atoms with E-state index in [0.29, 0.717) is 6.54 Å². The third-order valence-corrected chi connectivity index (χ3v) is 3.43. The summed E-state index contributed by atoms with van der Waals surface area (Å²) in [7, 11) is 0. The molecule has 0 saturated carbocycles. The van der Waals surface area contributed by atoms with Crippen LogP contribution >= 0.6 is 11.8 Å². The Morgan fingerprint density at radius 1 is 1.25 bits per heavy atom. The number of aromatic nitrogens is 1. The van der Waals surface area contributed by atoms with E-state index in [-0.39, 0.29) is 23.6 Å². The number of hydrogen-bond acceptors (Lipinski definition) is 2. The molecule has 1 aromatic carbocycles. The first-order chi connectivity index (χ1) is 9.35. The Labute approximate surface area is 119 Å². The van der Waals surface area contributed by atoms with Crippen molar-refractivity contribution in [2.75, 3.05) is 5.75 Å². The SMILES string of the molecule is CC(C)Oc1ccc2c(ccn2CCSC(F)(F)F)c1. The quantitative estimate of drug-likeness (QED) is 0.796. The van der Waals surface area contributed by atoms with Crippen molar-refractivity contribution in [1.82, 2.24) is 4.57 Å². The zero-order chi connectivity index (χ0) is 14.8. The maximum absolute atomic E-state index is 12.1. The molecule has 0 bridgehead atoms. The minimum atomic E-state index is -4.17. The van der Waals surface area contributed by atoms with Crippen molar-refractivity contribution >= 4 is 22.7 Å². The Morgan fingerprint density at radius 3 is 2.65 bits per heavy atom. The number of rotatable bonds is 5. The third-order valence-electron chi connectivity index (χ3n) is 2.71. The highest BCUT2D eigenvalue weighted by atomic mass is 32.2. The van der Waals surface area contributed by atoms with Gasteiger partial charge < -0.3 is 9.30 Å². The van der Waals surface area contributed by atoms with Crippen molar-refractivity contribution in [2.24, 2.45) is 0 Å². The van der Waals surface area contributed by atoms with Crippen LogP contribution < -0.4 is 4.74 Å². The molecule has 0 aliphatic heterocycles. The average Bonchev–Trinajstić information content (AvgIpc) is 2.69. The van der Waals surface area contributed by atoms with E-state index in [0.717, 1.165) is 16.7 Å². The molecule has 0 N–H and O–H groups in total. The highest BCUT2D eigenvalue weighted by Gasteiger charge is 2.27. The van der Waals surface area contributed by atoms with Crippen LogP contribution in [0.5, 0.6) is 5.75 Å². The number of ether oxygens (including phenoxy) is 1. The first-order valence-electron chi connectivity index (χ1n) is 6.31. The zero-order valence-electron chi connectivity index (χ0n) is 11.3. The molecule has 0 radical (unpaired) electrons. The van der Waals surface area contributed by atoms with Gasteiger partial charge in [-0.05, 0) is 49.9 Å². The summed E-state index contributed by atoms with van der Waals surface area (Å²) >= 11 is 0.00641. The number of fused-ring (bicyclic) bond motifs is 1. The van der Waals surface area contributed by atoms with Gasteiger partial charge in [0.25, 0.3) is 0 Å². The number of hydrogen-bond donors (Lipinski definition) is 0. The predicted octanol–water partition coefficient (Wildman–Crippen LogP) is 4.68. The Bertz CT molecular complexity index is 577. The van der Waals surface area contributed by atoms with Crippen LogP contribution in [0, 0.1) is 0 Å². The summed E-state index contributed by atoms with van der Waals surface area (Å²) in [6.07, 6.45) is 1.90. The summed E-state index contributed by atoms with van der Waals surface area (Å²) in [5.41, 5.74) is -3.25. The second-order valence-corrected chi connectivity index (χ2v) is 5.85. The van der Waals surface area contributed by atoms with Gasteiger partial charge in [-0.25, -0.2) is 0 Å². The van der Waals surface area contributed by atoms with E-state index in [1.807, 2.05) is 42.7 Å². The van der Waals surface area contributed by atoms with Crippen LogP contribution in [0.25, 0.3) is 10.9 Å². The van der Waals surface area contributed by atoms with Crippen LogP contribution in [-0.2, 0) is 6.54 Å². The molecule has 20 heavy (non-hydrogen) atoms. The van der Waals surface area contributed by atoms with Crippen molar-refractivity contribution in [1.29, 1.82) is 0 Å². The van der Waals surface area contributed by atoms with Crippen molar-refractivity contribution < 1.29 is 17.9 Å². The molecule has 2 aromatic rings. The molecule has 0 aliphatic rings. The Kier molecular flexibility index (Phi) is 4.52. The molecule has 0 unspecified atom stereocenters. The lowest BCUT2D eigenvalue weighted by Gasteiger charge is -2.10. The molecular formula is C14H16F3NOS. The first-order valence-corrected chi connectivity index (χ1v) is 7.30. The maximum Gasteiger partial charge on any atom is 0.441 e. The Hall–Kier alpha value is -1.30. The average molecular weight is 303 g/mol. The molecule has 0 amide bonds. The Morgan fingerprint density at radius 2 is 2.00 bits per heavy atom. The molecular weight excluding hydrogens is 287 g/mol. The molecule has 1 aromatic heterocycles. The van der Waals surface area contributed by atoms with Crippen LogP contribution in [0.15, 0.2) is 30.5 Å². The minimum Gasteiger partial charge on any atom is -0.491 e. The molecule has 0 atom stereocenters. The normalized spacial score (nSPS) is 12.3. The van der Waals surface area contributed by atoms with Gasteiger partial charge >= 0.3 is 5.51 Å². The van der Waals surface area contributed by atoms with E-state index in [2.05, 4.69) is 0 Å². The van der Waals surface area contributed by atoms with Crippen LogP contribution in [0.2, 0.25) is 0 Å². The van der Waals surface area contributed by atoms with E-state index in [9.17, 15) is 13.2 Å². The van der Waals surface area contributed by atoms with E-state index in [1.54, 1.807) is 6.20 Å². The van der Waals surface area contributed by atoms with Gasteiger partial charge in [-0.2, -0.15) is 13.2 Å². The molecule has 2 rings (SSSR count). The lowest BCUT2D eigenvalue weighted by Crippen LogP contribution is -2.06.